The number of benzene rings is 2. The van der Waals surface area contributed by atoms with Crippen molar-refractivity contribution >= 4 is 11.6 Å². The van der Waals surface area contributed by atoms with Crippen LogP contribution < -0.4 is 19.7 Å². The number of aryl methyl sites for hydroxylation is 1. The molecule has 1 heterocycles. The van der Waals surface area contributed by atoms with Crippen molar-refractivity contribution in [2.24, 2.45) is 0 Å². The predicted molar refractivity (Wildman–Crippen MR) is 116 cm³/mol. The summed E-state index contributed by atoms with van der Waals surface area (Å²) in [5, 5.41) is 2.94. The number of nitrogens with zero attached hydrogens (tertiary/aromatic N) is 2. The second kappa shape index (κ2) is 10.2. The number of piperazine rings is 1. The summed E-state index contributed by atoms with van der Waals surface area (Å²) in [5.74, 6) is 1.61. The van der Waals surface area contributed by atoms with Gasteiger partial charge in [0.05, 0.1) is 20.2 Å². The zero-order valence-electron chi connectivity index (χ0n) is 17.6. The van der Waals surface area contributed by atoms with Gasteiger partial charge in [0.15, 0.2) is 0 Å². The fourth-order valence-electron chi connectivity index (χ4n) is 3.52. The molecular weight excluding hydrogens is 366 g/mol. The van der Waals surface area contributed by atoms with Gasteiger partial charge in [-0.3, -0.25) is 9.69 Å². The standard InChI is InChI=1S/C23H31N3O3/c1-18-5-4-6-22(19(18)2)26-14-12-25(13-15-26)17-23(27)24-11-16-29-21-9-7-20(28-3)8-10-21/h4-10H,11-17H2,1-3H3,(H,24,27). The molecule has 1 aliphatic heterocycles. The summed E-state index contributed by atoms with van der Waals surface area (Å²) >= 11 is 0. The lowest BCUT2D eigenvalue weighted by atomic mass is 10.1. The Labute approximate surface area is 173 Å². The van der Waals surface area contributed by atoms with E-state index in [1.807, 2.05) is 24.3 Å². The quantitative estimate of drug-likeness (QED) is 0.694. The normalized spacial score (nSPS) is 14.5. The average Bonchev–Trinajstić information content (AvgIpc) is 2.74. The minimum Gasteiger partial charge on any atom is -0.497 e. The summed E-state index contributed by atoms with van der Waals surface area (Å²) in [6, 6.07) is 13.9. The van der Waals surface area contributed by atoms with E-state index in [0.29, 0.717) is 19.7 Å². The zero-order valence-corrected chi connectivity index (χ0v) is 17.6. The second-order valence-electron chi connectivity index (χ2n) is 7.36. The van der Waals surface area contributed by atoms with Crippen molar-refractivity contribution in [3.05, 3.63) is 53.6 Å². The Hall–Kier alpha value is -2.73. The summed E-state index contributed by atoms with van der Waals surface area (Å²) in [7, 11) is 1.63. The van der Waals surface area contributed by atoms with Gasteiger partial charge in [-0.25, -0.2) is 0 Å². The van der Waals surface area contributed by atoms with Crippen LogP contribution in [0.15, 0.2) is 42.5 Å². The highest BCUT2D eigenvalue weighted by molar-refractivity contribution is 5.78. The molecule has 2 aromatic carbocycles. The average molecular weight is 398 g/mol. The number of hydrogen-bond acceptors (Lipinski definition) is 5. The smallest absolute Gasteiger partial charge is 0.234 e. The molecule has 2 aromatic rings. The van der Waals surface area contributed by atoms with Gasteiger partial charge >= 0.3 is 0 Å². The molecular formula is C23H31N3O3. The third-order valence-electron chi connectivity index (χ3n) is 5.41. The Morgan fingerprint density at radius 1 is 1.00 bits per heavy atom. The minimum atomic E-state index is 0.0449. The minimum absolute atomic E-state index is 0.0449. The first-order valence-electron chi connectivity index (χ1n) is 10.1. The maximum absolute atomic E-state index is 12.2. The van der Waals surface area contributed by atoms with E-state index in [0.717, 1.165) is 37.7 Å². The van der Waals surface area contributed by atoms with Crippen molar-refractivity contribution in [1.29, 1.82) is 0 Å². The van der Waals surface area contributed by atoms with E-state index in [4.69, 9.17) is 9.47 Å². The number of ether oxygens (including phenoxy) is 2. The van der Waals surface area contributed by atoms with E-state index in [9.17, 15) is 4.79 Å². The Morgan fingerprint density at radius 2 is 1.69 bits per heavy atom. The van der Waals surface area contributed by atoms with Crippen molar-refractivity contribution in [1.82, 2.24) is 10.2 Å². The molecule has 1 fully saturated rings. The van der Waals surface area contributed by atoms with E-state index in [1.165, 1.54) is 16.8 Å². The Morgan fingerprint density at radius 3 is 2.38 bits per heavy atom. The lowest BCUT2D eigenvalue weighted by Gasteiger charge is -2.36. The number of carbonyl (C=O) groups is 1. The number of carbonyl (C=O) groups excluding carboxylic acids is 1. The molecule has 0 aliphatic carbocycles. The van der Waals surface area contributed by atoms with Gasteiger partial charge in [0.1, 0.15) is 18.1 Å². The van der Waals surface area contributed by atoms with Crippen LogP contribution in [0, 0.1) is 13.8 Å². The van der Waals surface area contributed by atoms with E-state index >= 15 is 0 Å². The Balaban J connectivity index is 1.34. The highest BCUT2D eigenvalue weighted by Gasteiger charge is 2.20. The van der Waals surface area contributed by atoms with Crippen LogP contribution in [0.1, 0.15) is 11.1 Å². The number of rotatable bonds is 8. The Bertz CT molecular complexity index is 800. The van der Waals surface area contributed by atoms with Gasteiger partial charge in [-0.15, -0.1) is 0 Å². The van der Waals surface area contributed by atoms with Crippen molar-refractivity contribution in [3.63, 3.8) is 0 Å². The van der Waals surface area contributed by atoms with E-state index in [2.05, 4.69) is 47.2 Å². The molecule has 1 amide bonds. The molecule has 1 N–H and O–H groups in total. The maximum Gasteiger partial charge on any atom is 0.234 e. The molecule has 1 aliphatic rings. The van der Waals surface area contributed by atoms with Crippen LogP contribution in [0.4, 0.5) is 5.69 Å². The van der Waals surface area contributed by atoms with Gasteiger partial charge in [0, 0.05) is 31.9 Å². The first-order chi connectivity index (χ1) is 14.1. The summed E-state index contributed by atoms with van der Waals surface area (Å²) < 4.78 is 10.8. The maximum atomic E-state index is 12.2. The first kappa shape index (κ1) is 21.0. The number of amides is 1. The van der Waals surface area contributed by atoms with Crippen LogP contribution in [0.5, 0.6) is 11.5 Å². The fourth-order valence-corrected chi connectivity index (χ4v) is 3.52. The van der Waals surface area contributed by atoms with Gasteiger partial charge < -0.3 is 19.7 Å². The van der Waals surface area contributed by atoms with Crippen LogP contribution in [-0.2, 0) is 4.79 Å². The van der Waals surface area contributed by atoms with Crippen LogP contribution in [0.3, 0.4) is 0 Å². The highest BCUT2D eigenvalue weighted by atomic mass is 16.5. The molecule has 29 heavy (non-hydrogen) atoms. The molecule has 3 rings (SSSR count). The lowest BCUT2D eigenvalue weighted by molar-refractivity contribution is -0.122. The van der Waals surface area contributed by atoms with Crippen molar-refractivity contribution in [2.45, 2.75) is 13.8 Å². The predicted octanol–water partition coefficient (Wildman–Crippen LogP) is 2.63. The van der Waals surface area contributed by atoms with Crippen LogP contribution in [-0.4, -0.2) is 63.8 Å². The summed E-state index contributed by atoms with van der Waals surface area (Å²) in [4.78, 5) is 16.8. The molecule has 0 spiro atoms. The third-order valence-corrected chi connectivity index (χ3v) is 5.41. The zero-order chi connectivity index (χ0) is 20.6. The topological polar surface area (TPSA) is 54.0 Å². The van der Waals surface area contributed by atoms with Gasteiger partial charge in [-0.2, -0.15) is 0 Å². The summed E-state index contributed by atoms with van der Waals surface area (Å²) in [6.45, 7) is 9.37. The molecule has 0 bridgehead atoms. The number of methoxy groups -OCH3 is 1. The van der Waals surface area contributed by atoms with Crippen LogP contribution in [0.2, 0.25) is 0 Å². The second-order valence-corrected chi connectivity index (χ2v) is 7.36. The molecule has 0 unspecified atom stereocenters. The van der Waals surface area contributed by atoms with Gasteiger partial charge in [-0.1, -0.05) is 12.1 Å². The number of nitrogens with one attached hydrogen (secondary N) is 1. The van der Waals surface area contributed by atoms with Gasteiger partial charge in [0.2, 0.25) is 5.91 Å². The molecule has 6 heteroatoms. The van der Waals surface area contributed by atoms with E-state index in [1.54, 1.807) is 7.11 Å². The Kier molecular flexibility index (Phi) is 7.36. The molecule has 156 valence electrons. The number of hydrogen-bond donors (Lipinski definition) is 1. The van der Waals surface area contributed by atoms with Crippen molar-refractivity contribution < 1.29 is 14.3 Å². The summed E-state index contributed by atoms with van der Waals surface area (Å²) in [6.07, 6.45) is 0. The van der Waals surface area contributed by atoms with Gasteiger partial charge in [-0.05, 0) is 55.3 Å². The lowest BCUT2D eigenvalue weighted by Crippen LogP contribution is -2.50. The summed E-state index contributed by atoms with van der Waals surface area (Å²) in [5.41, 5.74) is 3.97. The van der Waals surface area contributed by atoms with E-state index in [-0.39, 0.29) is 5.91 Å². The molecule has 1 saturated heterocycles. The van der Waals surface area contributed by atoms with Gasteiger partial charge in [0.25, 0.3) is 0 Å². The fraction of sp³-hybridized carbons (Fsp3) is 0.435. The molecule has 0 aromatic heterocycles. The van der Waals surface area contributed by atoms with Crippen LogP contribution in [0.25, 0.3) is 0 Å². The monoisotopic (exact) mass is 397 g/mol. The first-order valence-corrected chi connectivity index (χ1v) is 10.1. The van der Waals surface area contributed by atoms with Crippen molar-refractivity contribution in [2.75, 3.05) is 57.9 Å². The molecule has 0 radical (unpaired) electrons. The largest absolute Gasteiger partial charge is 0.497 e. The highest BCUT2D eigenvalue weighted by Crippen LogP contribution is 2.23. The number of anilines is 1. The van der Waals surface area contributed by atoms with E-state index < -0.39 is 0 Å². The molecule has 6 nitrogen and oxygen atoms in total. The third kappa shape index (κ3) is 5.87. The molecule has 0 saturated carbocycles. The molecule has 0 atom stereocenters. The van der Waals surface area contributed by atoms with Crippen molar-refractivity contribution in [3.8, 4) is 11.5 Å². The SMILES string of the molecule is COc1ccc(OCCNC(=O)CN2CCN(c3cccc(C)c3C)CC2)cc1. The van der Waals surface area contributed by atoms with Crippen LogP contribution >= 0.6 is 0 Å².